The fourth-order valence-corrected chi connectivity index (χ4v) is 1.75. The molecule has 0 aliphatic rings. The highest BCUT2D eigenvalue weighted by molar-refractivity contribution is 5.66. The Hall–Kier alpha value is -2.31. The number of halogens is 3. The molecule has 0 aliphatic carbocycles. The molecule has 4 nitrogen and oxygen atoms in total. The van der Waals surface area contributed by atoms with Crippen molar-refractivity contribution in [3.05, 3.63) is 46.5 Å². The van der Waals surface area contributed by atoms with E-state index in [9.17, 15) is 18.0 Å². The molecule has 0 saturated carbocycles. The molecule has 1 aromatic carbocycles. The van der Waals surface area contributed by atoms with Crippen LogP contribution in [0.25, 0.3) is 11.3 Å². The summed E-state index contributed by atoms with van der Waals surface area (Å²) in [6, 6.07) is 7.55. The predicted octanol–water partition coefficient (Wildman–Crippen LogP) is 3.24. The molecule has 0 saturated heterocycles. The van der Waals surface area contributed by atoms with E-state index in [4.69, 9.17) is 4.74 Å². The summed E-state index contributed by atoms with van der Waals surface area (Å²) in [5, 5.41) is 0. The minimum Gasteiger partial charge on any atom is -0.493 e. The van der Waals surface area contributed by atoms with Gasteiger partial charge >= 0.3 is 6.18 Å². The molecule has 0 unspecified atom stereocenters. The van der Waals surface area contributed by atoms with Gasteiger partial charge in [-0.05, 0) is 18.6 Å². The molecule has 7 heteroatoms. The van der Waals surface area contributed by atoms with E-state index in [0.717, 1.165) is 12.5 Å². The van der Waals surface area contributed by atoms with Gasteiger partial charge in [0, 0.05) is 11.6 Å². The highest BCUT2D eigenvalue weighted by Gasteiger charge is 2.34. The van der Waals surface area contributed by atoms with Crippen molar-refractivity contribution >= 4 is 0 Å². The highest BCUT2D eigenvalue weighted by Crippen LogP contribution is 2.30. The lowest BCUT2D eigenvalue weighted by Crippen LogP contribution is -2.19. The van der Waals surface area contributed by atoms with Crippen LogP contribution in [-0.4, -0.2) is 16.6 Å². The molecule has 1 N–H and O–H groups in total. The predicted molar refractivity (Wildman–Crippen MR) is 71.1 cm³/mol. The average molecular weight is 298 g/mol. The van der Waals surface area contributed by atoms with Crippen LogP contribution in [0.4, 0.5) is 13.2 Å². The van der Waals surface area contributed by atoms with Crippen LogP contribution in [0.5, 0.6) is 5.75 Å². The van der Waals surface area contributed by atoms with Gasteiger partial charge < -0.3 is 9.72 Å². The Morgan fingerprint density at radius 3 is 2.67 bits per heavy atom. The Morgan fingerprint density at radius 2 is 2.00 bits per heavy atom. The Labute approximate surface area is 118 Å². The third-order valence-electron chi connectivity index (χ3n) is 2.63. The van der Waals surface area contributed by atoms with E-state index in [1.807, 2.05) is 6.92 Å². The van der Waals surface area contributed by atoms with Gasteiger partial charge in [-0.15, -0.1) is 0 Å². The van der Waals surface area contributed by atoms with E-state index in [1.54, 1.807) is 29.2 Å². The van der Waals surface area contributed by atoms with Gasteiger partial charge in [-0.3, -0.25) is 4.79 Å². The summed E-state index contributed by atoms with van der Waals surface area (Å²) in [6.45, 7) is 2.34. The Kier molecular flexibility index (Phi) is 4.30. The molecule has 112 valence electrons. The number of para-hydroxylation sites is 1. The fraction of sp³-hybridized carbons (Fsp3) is 0.286. The van der Waals surface area contributed by atoms with Crippen molar-refractivity contribution < 1.29 is 17.9 Å². The maximum Gasteiger partial charge on any atom is 0.449 e. The summed E-state index contributed by atoms with van der Waals surface area (Å²) in [4.78, 5) is 16.6. The molecule has 1 heterocycles. The number of H-pyrrole nitrogens is 1. The molecule has 0 bridgehead atoms. The van der Waals surface area contributed by atoms with Gasteiger partial charge in [-0.1, -0.05) is 19.1 Å². The number of benzene rings is 1. The SMILES string of the molecule is CCCOc1ccccc1-c1cc(=O)[nH]c(C(F)(F)F)n1. The average Bonchev–Trinajstić information content (AvgIpc) is 2.44. The van der Waals surface area contributed by atoms with Crippen LogP contribution >= 0.6 is 0 Å². The van der Waals surface area contributed by atoms with Crippen LogP contribution in [0.2, 0.25) is 0 Å². The molecular formula is C14H13F3N2O2. The van der Waals surface area contributed by atoms with E-state index >= 15 is 0 Å². The van der Waals surface area contributed by atoms with E-state index < -0.39 is 17.6 Å². The largest absolute Gasteiger partial charge is 0.493 e. The first-order valence-electron chi connectivity index (χ1n) is 6.32. The summed E-state index contributed by atoms with van der Waals surface area (Å²) < 4.78 is 43.6. The minimum atomic E-state index is -4.71. The van der Waals surface area contributed by atoms with Gasteiger partial charge in [0.25, 0.3) is 5.56 Å². The Balaban J connectivity index is 2.52. The number of alkyl halides is 3. The van der Waals surface area contributed by atoms with Gasteiger partial charge in [0.05, 0.1) is 12.3 Å². The smallest absolute Gasteiger partial charge is 0.449 e. The lowest BCUT2D eigenvalue weighted by molar-refractivity contribution is -0.145. The number of nitrogens with zero attached hydrogens (tertiary/aromatic N) is 1. The maximum atomic E-state index is 12.7. The van der Waals surface area contributed by atoms with Gasteiger partial charge in [-0.25, -0.2) is 4.98 Å². The molecule has 1 aromatic heterocycles. The monoisotopic (exact) mass is 298 g/mol. The third-order valence-corrected chi connectivity index (χ3v) is 2.63. The van der Waals surface area contributed by atoms with Crippen LogP contribution in [0.15, 0.2) is 35.1 Å². The molecule has 0 atom stereocenters. The highest BCUT2D eigenvalue weighted by atomic mass is 19.4. The number of aromatic amines is 1. The molecule has 2 aromatic rings. The number of rotatable bonds is 4. The molecular weight excluding hydrogens is 285 g/mol. The van der Waals surface area contributed by atoms with E-state index in [2.05, 4.69) is 4.98 Å². The maximum absolute atomic E-state index is 12.7. The summed E-state index contributed by atoms with van der Waals surface area (Å²) in [5.74, 6) is -0.930. The topological polar surface area (TPSA) is 55.0 Å². The van der Waals surface area contributed by atoms with Crippen molar-refractivity contribution in [1.82, 2.24) is 9.97 Å². The molecule has 0 spiro atoms. The van der Waals surface area contributed by atoms with Crippen molar-refractivity contribution in [2.45, 2.75) is 19.5 Å². The van der Waals surface area contributed by atoms with Gasteiger partial charge in [-0.2, -0.15) is 13.2 Å². The van der Waals surface area contributed by atoms with Crippen molar-refractivity contribution in [1.29, 1.82) is 0 Å². The Bertz CT molecular complexity index is 680. The first-order valence-corrected chi connectivity index (χ1v) is 6.32. The zero-order chi connectivity index (χ0) is 15.5. The summed E-state index contributed by atoms with van der Waals surface area (Å²) in [5.41, 5.74) is -0.585. The van der Waals surface area contributed by atoms with E-state index in [0.29, 0.717) is 17.9 Å². The fourth-order valence-electron chi connectivity index (χ4n) is 1.75. The zero-order valence-electron chi connectivity index (χ0n) is 11.2. The standard InChI is InChI=1S/C14H13F3N2O2/c1-2-7-21-11-6-4-3-5-9(11)10-8-12(20)19-13(18-10)14(15,16)17/h3-6,8H,2,7H2,1H3,(H,18,19,20). The number of hydrogen-bond donors (Lipinski definition) is 1. The molecule has 21 heavy (non-hydrogen) atoms. The molecule has 0 fully saturated rings. The number of nitrogens with one attached hydrogen (secondary N) is 1. The lowest BCUT2D eigenvalue weighted by atomic mass is 10.1. The van der Waals surface area contributed by atoms with Crippen molar-refractivity contribution in [2.24, 2.45) is 0 Å². The van der Waals surface area contributed by atoms with Gasteiger partial charge in [0.2, 0.25) is 5.82 Å². The number of hydrogen-bond acceptors (Lipinski definition) is 3. The van der Waals surface area contributed by atoms with Crippen LogP contribution in [-0.2, 0) is 6.18 Å². The number of aromatic nitrogens is 2. The van der Waals surface area contributed by atoms with Crippen molar-refractivity contribution in [3.8, 4) is 17.0 Å². The summed E-state index contributed by atoms with van der Waals surface area (Å²) >= 11 is 0. The van der Waals surface area contributed by atoms with Crippen molar-refractivity contribution in [2.75, 3.05) is 6.61 Å². The zero-order valence-corrected chi connectivity index (χ0v) is 11.2. The van der Waals surface area contributed by atoms with Crippen LogP contribution in [0, 0.1) is 0 Å². The van der Waals surface area contributed by atoms with Crippen LogP contribution < -0.4 is 10.3 Å². The third kappa shape index (κ3) is 3.62. The second kappa shape index (κ2) is 5.99. The minimum absolute atomic E-state index is 0.0715. The first kappa shape index (κ1) is 15.1. The van der Waals surface area contributed by atoms with Gasteiger partial charge in [0.1, 0.15) is 5.75 Å². The summed E-state index contributed by atoms with van der Waals surface area (Å²) in [7, 11) is 0. The molecule has 0 amide bonds. The number of ether oxygens (including phenoxy) is 1. The van der Waals surface area contributed by atoms with E-state index in [1.165, 1.54) is 0 Å². The van der Waals surface area contributed by atoms with Crippen molar-refractivity contribution in [3.63, 3.8) is 0 Å². The van der Waals surface area contributed by atoms with Crippen LogP contribution in [0.3, 0.4) is 0 Å². The van der Waals surface area contributed by atoms with Crippen LogP contribution in [0.1, 0.15) is 19.2 Å². The summed E-state index contributed by atoms with van der Waals surface area (Å²) in [6.07, 6.45) is -3.96. The Morgan fingerprint density at radius 1 is 1.29 bits per heavy atom. The normalized spacial score (nSPS) is 11.4. The second-order valence-electron chi connectivity index (χ2n) is 4.32. The van der Waals surface area contributed by atoms with Gasteiger partial charge in [0.15, 0.2) is 0 Å². The molecule has 0 aliphatic heterocycles. The second-order valence-corrected chi connectivity index (χ2v) is 4.32. The lowest BCUT2D eigenvalue weighted by Gasteiger charge is -2.11. The molecule has 0 radical (unpaired) electrons. The van der Waals surface area contributed by atoms with E-state index in [-0.39, 0.29) is 5.69 Å². The quantitative estimate of drug-likeness (QED) is 0.942. The first-order chi connectivity index (χ1) is 9.91. The molecule has 2 rings (SSSR count).